The molecular weight excluding hydrogens is 342 g/mol. The lowest BCUT2D eigenvalue weighted by Gasteiger charge is -2.39. The molecular formula is C17H27N3O4S. The van der Waals surface area contributed by atoms with Crippen molar-refractivity contribution in [3.63, 3.8) is 0 Å². The van der Waals surface area contributed by atoms with Gasteiger partial charge in [-0.1, -0.05) is 0 Å². The van der Waals surface area contributed by atoms with Crippen LogP contribution in [0.1, 0.15) is 13.3 Å². The maximum absolute atomic E-state index is 12.7. The van der Waals surface area contributed by atoms with Crippen molar-refractivity contribution in [2.75, 3.05) is 51.5 Å². The summed E-state index contributed by atoms with van der Waals surface area (Å²) in [5, 5.41) is 0. The number of benzene rings is 1. The van der Waals surface area contributed by atoms with E-state index in [0.717, 1.165) is 18.0 Å². The van der Waals surface area contributed by atoms with Crippen molar-refractivity contribution in [3.8, 4) is 5.75 Å². The Hall–Kier alpha value is -1.64. The van der Waals surface area contributed by atoms with E-state index in [2.05, 4.69) is 0 Å². The molecule has 0 radical (unpaired) electrons. The number of rotatable bonds is 7. The zero-order chi connectivity index (χ0) is 18.6. The smallest absolute Gasteiger partial charge is 0.244 e. The van der Waals surface area contributed by atoms with Crippen molar-refractivity contribution in [3.05, 3.63) is 24.3 Å². The molecule has 7 nitrogen and oxygen atoms in total. The maximum atomic E-state index is 12.7. The van der Waals surface area contributed by atoms with Crippen LogP contribution in [0.25, 0.3) is 0 Å². The Bertz CT molecular complexity index is 688. The number of anilines is 1. The SMILES string of the molecule is COc1ccc(N2CCN(CCCS(=O)(=O)N(C)C)[C@H](C)C2=O)cc1. The normalized spacial score (nSPS) is 19.5. The van der Waals surface area contributed by atoms with Gasteiger partial charge in [0.15, 0.2) is 0 Å². The van der Waals surface area contributed by atoms with Crippen LogP contribution in [0.15, 0.2) is 24.3 Å². The van der Waals surface area contributed by atoms with Crippen LogP contribution >= 0.6 is 0 Å². The Kier molecular flexibility index (Phi) is 6.42. The Labute approximate surface area is 150 Å². The number of methoxy groups -OCH3 is 1. The summed E-state index contributed by atoms with van der Waals surface area (Å²) in [6.45, 7) is 3.78. The van der Waals surface area contributed by atoms with E-state index in [1.165, 1.54) is 18.4 Å². The molecule has 1 saturated heterocycles. The van der Waals surface area contributed by atoms with Crippen molar-refractivity contribution in [2.24, 2.45) is 0 Å². The summed E-state index contributed by atoms with van der Waals surface area (Å²) in [6, 6.07) is 7.17. The van der Waals surface area contributed by atoms with Gasteiger partial charge in [-0.05, 0) is 37.6 Å². The molecule has 1 fully saturated rings. The number of piperazine rings is 1. The van der Waals surface area contributed by atoms with E-state index in [0.29, 0.717) is 19.5 Å². The van der Waals surface area contributed by atoms with Crippen molar-refractivity contribution >= 4 is 21.6 Å². The molecule has 0 aliphatic carbocycles. The fourth-order valence-corrected chi connectivity index (χ4v) is 3.73. The summed E-state index contributed by atoms with van der Waals surface area (Å²) in [7, 11) is 1.49. The van der Waals surface area contributed by atoms with Crippen molar-refractivity contribution in [1.29, 1.82) is 0 Å². The first kappa shape index (κ1) is 19.7. The van der Waals surface area contributed by atoms with Crippen molar-refractivity contribution in [1.82, 2.24) is 9.21 Å². The van der Waals surface area contributed by atoms with Crippen molar-refractivity contribution in [2.45, 2.75) is 19.4 Å². The zero-order valence-corrected chi connectivity index (χ0v) is 16.1. The third kappa shape index (κ3) is 4.71. The van der Waals surface area contributed by atoms with Gasteiger partial charge >= 0.3 is 0 Å². The number of carbonyl (C=O) groups excluding carboxylic acids is 1. The van der Waals surface area contributed by atoms with Gasteiger partial charge in [0.2, 0.25) is 15.9 Å². The number of hydrogen-bond donors (Lipinski definition) is 0. The third-order valence-electron chi connectivity index (χ3n) is 4.57. The maximum Gasteiger partial charge on any atom is 0.244 e. The van der Waals surface area contributed by atoms with E-state index in [4.69, 9.17) is 4.74 Å². The molecule has 1 atom stereocenters. The van der Waals surface area contributed by atoms with Gasteiger partial charge in [-0.2, -0.15) is 0 Å². The molecule has 1 aliphatic heterocycles. The average Bonchev–Trinajstić information content (AvgIpc) is 2.59. The summed E-state index contributed by atoms with van der Waals surface area (Å²) in [5.41, 5.74) is 0.854. The molecule has 25 heavy (non-hydrogen) atoms. The molecule has 2 rings (SSSR count). The van der Waals surface area contributed by atoms with E-state index in [-0.39, 0.29) is 17.7 Å². The lowest BCUT2D eigenvalue weighted by Crippen LogP contribution is -2.56. The van der Waals surface area contributed by atoms with Gasteiger partial charge < -0.3 is 9.64 Å². The van der Waals surface area contributed by atoms with E-state index in [9.17, 15) is 13.2 Å². The molecule has 1 aromatic rings. The van der Waals surface area contributed by atoms with Crippen LogP contribution in [0.4, 0.5) is 5.69 Å². The number of amides is 1. The molecule has 0 bridgehead atoms. The summed E-state index contributed by atoms with van der Waals surface area (Å²) >= 11 is 0. The molecule has 0 saturated carbocycles. The fourth-order valence-electron chi connectivity index (χ4n) is 2.87. The average molecular weight is 369 g/mol. The Morgan fingerprint density at radius 3 is 2.40 bits per heavy atom. The first-order chi connectivity index (χ1) is 11.8. The molecule has 0 spiro atoms. The van der Waals surface area contributed by atoms with Gasteiger partial charge in [0.25, 0.3) is 0 Å². The molecule has 8 heteroatoms. The van der Waals surface area contributed by atoms with Gasteiger partial charge in [0, 0.05) is 39.4 Å². The highest BCUT2D eigenvalue weighted by Gasteiger charge is 2.32. The first-order valence-electron chi connectivity index (χ1n) is 8.36. The fraction of sp³-hybridized carbons (Fsp3) is 0.588. The third-order valence-corrected chi connectivity index (χ3v) is 6.49. The highest BCUT2D eigenvalue weighted by atomic mass is 32.2. The van der Waals surface area contributed by atoms with Crippen LogP contribution in [-0.2, 0) is 14.8 Å². The summed E-state index contributed by atoms with van der Waals surface area (Å²) in [5.74, 6) is 0.886. The van der Waals surface area contributed by atoms with Crippen LogP contribution < -0.4 is 9.64 Å². The van der Waals surface area contributed by atoms with Gasteiger partial charge in [0.1, 0.15) is 5.75 Å². The van der Waals surface area contributed by atoms with E-state index >= 15 is 0 Å². The highest BCUT2D eigenvalue weighted by molar-refractivity contribution is 7.89. The molecule has 1 aromatic carbocycles. The zero-order valence-electron chi connectivity index (χ0n) is 15.3. The highest BCUT2D eigenvalue weighted by Crippen LogP contribution is 2.23. The van der Waals surface area contributed by atoms with Gasteiger partial charge in [-0.25, -0.2) is 12.7 Å². The molecule has 0 aromatic heterocycles. The molecule has 1 amide bonds. The van der Waals surface area contributed by atoms with Crippen LogP contribution in [0, 0.1) is 0 Å². The summed E-state index contributed by atoms with van der Waals surface area (Å²) < 4.78 is 30.0. The summed E-state index contributed by atoms with van der Waals surface area (Å²) in [6.07, 6.45) is 0.515. The number of sulfonamides is 1. The van der Waals surface area contributed by atoms with Crippen molar-refractivity contribution < 1.29 is 17.9 Å². The summed E-state index contributed by atoms with van der Waals surface area (Å²) in [4.78, 5) is 16.5. The van der Waals surface area contributed by atoms with Gasteiger partial charge in [-0.3, -0.25) is 9.69 Å². The Morgan fingerprint density at radius 1 is 1.20 bits per heavy atom. The number of hydrogen-bond acceptors (Lipinski definition) is 5. The van der Waals surface area contributed by atoms with E-state index < -0.39 is 10.0 Å². The Balaban J connectivity index is 1.94. The minimum absolute atomic E-state index is 0.0342. The number of ether oxygens (including phenoxy) is 1. The minimum atomic E-state index is -3.19. The standard InChI is InChI=1S/C17H27N3O4S/c1-14-17(21)20(15-6-8-16(24-4)9-7-15)12-11-19(14)10-5-13-25(22,23)18(2)3/h6-9,14H,5,10-13H2,1-4H3/t14-/m1/s1. The number of carbonyl (C=O) groups is 1. The van der Waals surface area contributed by atoms with Crippen LogP contribution in [0.2, 0.25) is 0 Å². The largest absolute Gasteiger partial charge is 0.497 e. The van der Waals surface area contributed by atoms with Crippen LogP contribution in [-0.4, -0.2) is 76.2 Å². The second-order valence-corrected chi connectivity index (χ2v) is 8.65. The molecule has 1 heterocycles. The predicted octanol–water partition coefficient (Wildman–Crippen LogP) is 1.01. The lowest BCUT2D eigenvalue weighted by molar-refractivity contribution is -0.125. The van der Waals surface area contributed by atoms with E-state index in [1.54, 1.807) is 12.0 Å². The van der Waals surface area contributed by atoms with Gasteiger partial charge in [-0.15, -0.1) is 0 Å². The van der Waals surface area contributed by atoms with Gasteiger partial charge in [0.05, 0.1) is 18.9 Å². The quantitative estimate of drug-likeness (QED) is 0.718. The first-order valence-corrected chi connectivity index (χ1v) is 9.97. The Morgan fingerprint density at radius 2 is 1.84 bits per heavy atom. The van der Waals surface area contributed by atoms with E-state index in [1.807, 2.05) is 36.1 Å². The second kappa shape index (κ2) is 8.16. The molecule has 0 N–H and O–H groups in total. The second-order valence-electron chi connectivity index (χ2n) is 6.35. The van der Waals surface area contributed by atoms with Crippen LogP contribution in [0.5, 0.6) is 5.75 Å². The predicted molar refractivity (Wildman–Crippen MR) is 98.5 cm³/mol. The monoisotopic (exact) mass is 369 g/mol. The molecule has 0 unspecified atom stereocenters. The molecule has 1 aliphatic rings. The molecule has 140 valence electrons. The number of nitrogens with zero attached hydrogens (tertiary/aromatic N) is 3. The minimum Gasteiger partial charge on any atom is -0.497 e. The lowest BCUT2D eigenvalue weighted by atomic mass is 10.1. The topological polar surface area (TPSA) is 70.2 Å². The van der Waals surface area contributed by atoms with Crippen LogP contribution in [0.3, 0.4) is 0 Å².